The van der Waals surface area contributed by atoms with E-state index in [2.05, 4.69) is 10.6 Å². The molecular formula is C20H21FN4O5. The summed E-state index contributed by atoms with van der Waals surface area (Å²) in [5.41, 5.74) is 6.02. The Kier molecular flexibility index (Phi) is 7.56. The molecule has 3 amide bonds. The van der Waals surface area contributed by atoms with Crippen molar-refractivity contribution in [3.63, 3.8) is 0 Å². The van der Waals surface area contributed by atoms with Gasteiger partial charge in [-0.2, -0.15) is 0 Å². The average Bonchev–Trinajstić information content (AvgIpc) is 2.68. The van der Waals surface area contributed by atoms with Gasteiger partial charge in [-0.3, -0.25) is 24.5 Å². The Hall–Kier alpha value is -3.82. The highest BCUT2D eigenvalue weighted by Gasteiger charge is 2.26. The molecule has 0 aliphatic heterocycles. The van der Waals surface area contributed by atoms with Gasteiger partial charge in [0.25, 0.3) is 5.69 Å². The second kappa shape index (κ2) is 10.1. The zero-order valence-corrected chi connectivity index (χ0v) is 16.1. The van der Waals surface area contributed by atoms with Crippen LogP contribution in [0.1, 0.15) is 18.1 Å². The molecular weight excluding hydrogens is 395 g/mol. The summed E-state index contributed by atoms with van der Waals surface area (Å²) in [4.78, 5) is 46.2. The van der Waals surface area contributed by atoms with Crippen LogP contribution in [-0.4, -0.2) is 34.7 Å². The Morgan fingerprint density at radius 2 is 1.67 bits per heavy atom. The molecule has 0 unspecified atom stereocenters. The van der Waals surface area contributed by atoms with Gasteiger partial charge >= 0.3 is 0 Å². The predicted molar refractivity (Wildman–Crippen MR) is 106 cm³/mol. The molecule has 0 fully saturated rings. The molecule has 10 heteroatoms. The fourth-order valence-electron chi connectivity index (χ4n) is 2.82. The SMILES string of the molecule is CC(=O)N[C@H](Cc1ccccc1F)C(=O)N[C@@H](Cc1ccc([N+](=O)[O-])cc1)C(N)=O. The largest absolute Gasteiger partial charge is 0.368 e. The van der Waals surface area contributed by atoms with Crippen molar-refractivity contribution >= 4 is 23.4 Å². The van der Waals surface area contributed by atoms with Gasteiger partial charge in [0, 0.05) is 31.9 Å². The summed E-state index contributed by atoms with van der Waals surface area (Å²) in [6, 6.07) is 9.01. The normalized spacial score (nSPS) is 12.5. The van der Waals surface area contributed by atoms with Gasteiger partial charge in [0.2, 0.25) is 17.7 Å². The minimum Gasteiger partial charge on any atom is -0.368 e. The molecule has 2 aromatic rings. The van der Waals surface area contributed by atoms with E-state index in [4.69, 9.17) is 5.73 Å². The number of carbonyl (C=O) groups excluding carboxylic acids is 3. The van der Waals surface area contributed by atoms with E-state index in [-0.39, 0.29) is 24.1 Å². The highest BCUT2D eigenvalue weighted by atomic mass is 19.1. The first-order chi connectivity index (χ1) is 14.2. The molecule has 158 valence electrons. The maximum absolute atomic E-state index is 14.0. The molecule has 0 aliphatic carbocycles. The third-order valence-corrected chi connectivity index (χ3v) is 4.32. The lowest BCUT2D eigenvalue weighted by Crippen LogP contribution is -2.54. The number of carbonyl (C=O) groups is 3. The first-order valence-corrected chi connectivity index (χ1v) is 9.01. The van der Waals surface area contributed by atoms with Gasteiger partial charge in [0.15, 0.2) is 0 Å². The smallest absolute Gasteiger partial charge is 0.269 e. The fourth-order valence-corrected chi connectivity index (χ4v) is 2.82. The number of hydrogen-bond donors (Lipinski definition) is 3. The number of primary amides is 1. The van der Waals surface area contributed by atoms with Crippen LogP contribution in [0.5, 0.6) is 0 Å². The van der Waals surface area contributed by atoms with Gasteiger partial charge in [0.1, 0.15) is 17.9 Å². The number of hydrogen-bond acceptors (Lipinski definition) is 5. The molecule has 0 heterocycles. The van der Waals surface area contributed by atoms with Crippen molar-refractivity contribution in [1.82, 2.24) is 10.6 Å². The maximum atomic E-state index is 14.0. The second-order valence-electron chi connectivity index (χ2n) is 6.64. The van der Waals surface area contributed by atoms with E-state index < -0.39 is 40.5 Å². The van der Waals surface area contributed by atoms with Crippen molar-refractivity contribution in [2.24, 2.45) is 5.73 Å². The lowest BCUT2D eigenvalue weighted by atomic mass is 10.0. The highest BCUT2D eigenvalue weighted by molar-refractivity contribution is 5.91. The standard InChI is InChI=1S/C20H21FN4O5/c1-12(26)23-18(11-14-4-2-3-5-16(14)21)20(28)24-17(19(22)27)10-13-6-8-15(9-7-13)25(29)30/h2-9,17-18H,10-11H2,1H3,(H2,22,27)(H,23,26)(H,24,28)/t17-,18+/m0/s1. The van der Waals surface area contributed by atoms with Crippen molar-refractivity contribution in [3.8, 4) is 0 Å². The maximum Gasteiger partial charge on any atom is 0.269 e. The van der Waals surface area contributed by atoms with Gasteiger partial charge in [-0.1, -0.05) is 30.3 Å². The van der Waals surface area contributed by atoms with Crippen LogP contribution in [0.15, 0.2) is 48.5 Å². The van der Waals surface area contributed by atoms with E-state index in [9.17, 15) is 28.9 Å². The van der Waals surface area contributed by atoms with Crippen molar-refractivity contribution in [2.45, 2.75) is 31.8 Å². The number of nitrogens with one attached hydrogen (secondary N) is 2. The molecule has 2 atom stereocenters. The van der Waals surface area contributed by atoms with Crippen molar-refractivity contribution < 1.29 is 23.7 Å². The Morgan fingerprint density at radius 1 is 1.03 bits per heavy atom. The summed E-state index contributed by atoms with van der Waals surface area (Å²) in [6.07, 6.45) is -0.132. The molecule has 0 aromatic heterocycles. The zero-order chi connectivity index (χ0) is 22.3. The summed E-state index contributed by atoms with van der Waals surface area (Å²) in [6.45, 7) is 1.21. The van der Waals surface area contributed by atoms with Gasteiger partial charge < -0.3 is 16.4 Å². The molecule has 0 radical (unpaired) electrons. The van der Waals surface area contributed by atoms with Crippen molar-refractivity contribution in [1.29, 1.82) is 0 Å². The van der Waals surface area contributed by atoms with Gasteiger partial charge in [-0.05, 0) is 17.2 Å². The predicted octanol–water partition coefficient (Wildman–Crippen LogP) is 0.994. The number of halogens is 1. The van der Waals surface area contributed by atoms with E-state index in [1.165, 1.54) is 49.4 Å². The number of nitro benzene ring substituents is 1. The average molecular weight is 416 g/mol. The monoisotopic (exact) mass is 416 g/mol. The number of rotatable bonds is 9. The molecule has 2 aromatic carbocycles. The van der Waals surface area contributed by atoms with E-state index in [1.807, 2.05) is 0 Å². The molecule has 4 N–H and O–H groups in total. The zero-order valence-electron chi connectivity index (χ0n) is 16.1. The molecule has 9 nitrogen and oxygen atoms in total. The van der Waals surface area contributed by atoms with Crippen LogP contribution >= 0.6 is 0 Å². The van der Waals surface area contributed by atoms with Crippen LogP contribution in [0, 0.1) is 15.9 Å². The third kappa shape index (κ3) is 6.36. The molecule has 2 rings (SSSR count). The third-order valence-electron chi connectivity index (χ3n) is 4.32. The number of nitro groups is 1. The van der Waals surface area contributed by atoms with Crippen LogP contribution in [0.4, 0.5) is 10.1 Å². The minimum atomic E-state index is -1.13. The number of nitrogens with zero attached hydrogens (tertiary/aromatic N) is 1. The van der Waals surface area contributed by atoms with Crippen LogP contribution < -0.4 is 16.4 Å². The quantitative estimate of drug-likeness (QED) is 0.412. The van der Waals surface area contributed by atoms with Gasteiger partial charge in [-0.25, -0.2) is 4.39 Å². The van der Waals surface area contributed by atoms with E-state index >= 15 is 0 Å². The Labute approximate surface area is 171 Å². The number of benzene rings is 2. The van der Waals surface area contributed by atoms with Crippen LogP contribution in [-0.2, 0) is 27.2 Å². The van der Waals surface area contributed by atoms with E-state index in [1.54, 1.807) is 6.07 Å². The molecule has 0 saturated heterocycles. The van der Waals surface area contributed by atoms with Gasteiger partial charge in [-0.15, -0.1) is 0 Å². The number of amides is 3. The first kappa shape index (κ1) is 22.5. The van der Waals surface area contributed by atoms with E-state index in [0.717, 1.165) is 0 Å². The molecule has 0 bridgehead atoms. The van der Waals surface area contributed by atoms with Crippen LogP contribution in [0.25, 0.3) is 0 Å². The fraction of sp³-hybridized carbons (Fsp3) is 0.250. The molecule has 0 spiro atoms. The lowest BCUT2D eigenvalue weighted by Gasteiger charge is -2.22. The topological polar surface area (TPSA) is 144 Å². The molecule has 0 aliphatic rings. The number of non-ortho nitro benzene ring substituents is 1. The van der Waals surface area contributed by atoms with Crippen LogP contribution in [0.2, 0.25) is 0 Å². The number of nitrogens with two attached hydrogens (primary N) is 1. The Morgan fingerprint density at radius 3 is 2.20 bits per heavy atom. The highest BCUT2D eigenvalue weighted by Crippen LogP contribution is 2.14. The minimum absolute atomic E-state index is 0.00838. The molecule has 30 heavy (non-hydrogen) atoms. The van der Waals surface area contributed by atoms with Crippen molar-refractivity contribution in [3.05, 3.63) is 75.6 Å². The Balaban J connectivity index is 2.14. The second-order valence-corrected chi connectivity index (χ2v) is 6.64. The summed E-state index contributed by atoms with van der Waals surface area (Å²) in [5.74, 6) is -2.57. The summed E-state index contributed by atoms with van der Waals surface area (Å²) < 4.78 is 14.0. The molecule has 0 saturated carbocycles. The van der Waals surface area contributed by atoms with E-state index in [0.29, 0.717) is 5.56 Å². The van der Waals surface area contributed by atoms with Crippen LogP contribution in [0.3, 0.4) is 0 Å². The summed E-state index contributed by atoms with van der Waals surface area (Å²) in [7, 11) is 0. The van der Waals surface area contributed by atoms with Crippen molar-refractivity contribution in [2.75, 3.05) is 0 Å². The lowest BCUT2D eigenvalue weighted by molar-refractivity contribution is -0.384. The Bertz CT molecular complexity index is 948. The first-order valence-electron chi connectivity index (χ1n) is 9.01. The summed E-state index contributed by atoms with van der Waals surface area (Å²) >= 11 is 0. The summed E-state index contributed by atoms with van der Waals surface area (Å²) in [5, 5.41) is 15.6. The van der Waals surface area contributed by atoms with Gasteiger partial charge in [0.05, 0.1) is 4.92 Å².